The Morgan fingerprint density at radius 2 is 1.74 bits per heavy atom. The molecule has 0 spiro atoms. The zero-order valence-electron chi connectivity index (χ0n) is 10.0. The van der Waals surface area contributed by atoms with Gasteiger partial charge in [-0.25, -0.2) is 0 Å². The molecule has 0 heterocycles. The summed E-state index contributed by atoms with van der Waals surface area (Å²) in [6.07, 6.45) is -1.97. The van der Waals surface area contributed by atoms with Gasteiger partial charge < -0.3 is 4.74 Å². The third kappa shape index (κ3) is 4.94. The van der Waals surface area contributed by atoms with Crippen LogP contribution in [0.1, 0.15) is 32.6 Å². The van der Waals surface area contributed by atoms with Crippen molar-refractivity contribution in [2.75, 3.05) is 6.61 Å². The van der Waals surface area contributed by atoms with Crippen molar-refractivity contribution in [3.8, 4) is 0 Å². The number of hydrogen-bond acceptors (Lipinski definition) is 4. The number of ether oxygens (including phenoxy) is 1. The fourth-order valence-corrected chi connectivity index (χ4v) is 1.55. The molecule has 0 aliphatic heterocycles. The second kappa shape index (κ2) is 6.51. The van der Waals surface area contributed by atoms with Gasteiger partial charge in [0.05, 0.1) is 6.61 Å². The highest BCUT2D eigenvalue weighted by Gasteiger charge is 2.64. The molecule has 0 fully saturated rings. The molecule has 0 aromatic heterocycles. The van der Waals surface area contributed by atoms with Gasteiger partial charge in [0.15, 0.2) is 0 Å². The average Bonchev–Trinajstić information content (AvgIpc) is 2.26. The summed E-state index contributed by atoms with van der Waals surface area (Å²) in [5.74, 6) is -5.45. The van der Waals surface area contributed by atoms with Crippen LogP contribution in [0.4, 0.5) is 17.6 Å². The van der Waals surface area contributed by atoms with Crippen LogP contribution in [0.25, 0.3) is 0 Å². The van der Waals surface area contributed by atoms with Crippen LogP contribution in [0.3, 0.4) is 0 Å². The third-order valence-corrected chi connectivity index (χ3v) is 3.13. The van der Waals surface area contributed by atoms with Gasteiger partial charge in [-0.15, -0.1) is 0 Å². The SMILES string of the molecule is CCC(=O)OCCCCC(F)(F)C(F)(F)S(=O)(=O)O. The lowest BCUT2D eigenvalue weighted by Gasteiger charge is -2.23. The summed E-state index contributed by atoms with van der Waals surface area (Å²) in [6.45, 7) is 1.29. The Hall–Kier alpha value is -0.900. The summed E-state index contributed by atoms with van der Waals surface area (Å²) in [5, 5.41) is -5.54. The molecule has 5 nitrogen and oxygen atoms in total. The van der Waals surface area contributed by atoms with Crippen molar-refractivity contribution in [1.82, 2.24) is 0 Å². The molecule has 0 rings (SSSR count). The highest BCUT2D eigenvalue weighted by molar-refractivity contribution is 7.87. The monoisotopic (exact) mass is 310 g/mol. The van der Waals surface area contributed by atoms with E-state index in [0.29, 0.717) is 0 Å². The summed E-state index contributed by atoms with van der Waals surface area (Å²) in [4.78, 5) is 10.7. The number of carbonyl (C=O) groups is 1. The Morgan fingerprint density at radius 1 is 1.21 bits per heavy atom. The molecule has 0 saturated carbocycles. The highest BCUT2D eigenvalue weighted by atomic mass is 32.2. The van der Waals surface area contributed by atoms with E-state index < -0.39 is 40.1 Å². The van der Waals surface area contributed by atoms with Gasteiger partial charge >= 0.3 is 27.3 Å². The molecule has 114 valence electrons. The van der Waals surface area contributed by atoms with E-state index in [2.05, 4.69) is 4.74 Å². The lowest BCUT2D eigenvalue weighted by atomic mass is 10.1. The summed E-state index contributed by atoms with van der Waals surface area (Å²) in [5.41, 5.74) is 0. The van der Waals surface area contributed by atoms with Crippen molar-refractivity contribution in [3.05, 3.63) is 0 Å². The summed E-state index contributed by atoms with van der Waals surface area (Å²) in [6, 6.07) is 0. The molecule has 10 heteroatoms. The molecule has 0 atom stereocenters. The van der Waals surface area contributed by atoms with Gasteiger partial charge in [-0.3, -0.25) is 9.35 Å². The first-order chi connectivity index (χ1) is 8.45. The minimum absolute atomic E-state index is 0.0942. The van der Waals surface area contributed by atoms with Crippen molar-refractivity contribution in [3.63, 3.8) is 0 Å². The Morgan fingerprint density at radius 3 is 2.16 bits per heavy atom. The predicted molar refractivity (Wildman–Crippen MR) is 56.5 cm³/mol. The lowest BCUT2D eigenvalue weighted by Crippen LogP contribution is -2.46. The van der Waals surface area contributed by atoms with Gasteiger partial charge in [-0.2, -0.15) is 26.0 Å². The smallest absolute Gasteiger partial charge is 0.431 e. The number of hydrogen-bond donors (Lipinski definition) is 1. The van der Waals surface area contributed by atoms with E-state index in [1.807, 2.05) is 0 Å². The standard InChI is InChI=1S/C9H14F4O5S/c1-2-7(14)18-6-4-3-5-8(10,11)9(12,13)19(15,16)17/h2-6H2,1H3,(H,15,16,17). The van der Waals surface area contributed by atoms with E-state index in [1.54, 1.807) is 0 Å². The van der Waals surface area contributed by atoms with E-state index in [-0.39, 0.29) is 19.4 Å². The van der Waals surface area contributed by atoms with Crippen molar-refractivity contribution >= 4 is 16.1 Å². The first-order valence-corrected chi connectivity index (χ1v) is 6.78. The number of alkyl halides is 4. The van der Waals surface area contributed by atoms with Crippen LogP contribution in [0.15, 0.2) is 0 Å². The fourth-order valence-electron chi connectivity index (χ4n) is 1.07. The van der Waals surface area contributed by atoms with Crippen LogP contribution in [-0.2, 0) is 19.6 Å². The third-order valence-electron chi connectivity index (χ3n) is 2.19. The van der Waals surface area contributed by atoms with Crippen LogP contribution in [-0.4, -0.2) is 36.7 Å². The molecule has 0 aliphatic rings. The topological polar surface area (TPSA) is 80.7 Å². The first kappa shape index (κ1) is 18.1. The summed E-state index contributed by atoms with van der Waals surface area (Å²) >= 11 is 0. The molecule has 0 aromatic rings. The minimum Gasteiger partial charge on any atom is -0.466 e. The molecule has 0 unspecified atom stereocenters. The van der Waals surface area contributed by atoms with Crippen LogP contribution in [0.5, 0.6) is 0 Å². The predicted octanol–water partition coefficient (Wildman–Crippen LogP) is 2.23. The van der Waals surface area contributed by atoms with Crippen LogP contribution in [0, 0.1) is 0 Å². The summed E-state index contributed by atoms with van der Waals surface area (Å²) in [7, 11) is -6.19. The van der Waals surface area contributed by atoms with E-state index in [0.717, 1.165) is 0 Å². The fraction of sp³-hybridized carbons (Fsp3) is 0.889. The van der Waals surface area contributed by atoms with Gasteiger partial charge in [0.1, 0.15) is 0 Å². The number of rotatable bonds is 8. The van der Waals surface area contributed by atoms with Crippen molar-refractivity contribution in [2.24, 2.45) is 0 Å². The van der Waals surface area contributed by atoms with Gasteiger partial charge in [-0.05, 0) is 12.8 Å². The number of carbonyl (C=O) groups excluding carboxylic acids is 1. The maximum Gasteiger partial charge on any atom is 0.431 e. The Balaban J connectivity index is 4.29. The molecule has 1 N–H and O–H groups in total. The van der Waals surface area contributed by atoms with Crippen LogP contribution < -0.4 is 0 Å². The normalized spacial score (nSPS) is 13.4. The van der Waals surface area contributed by atoms with Crippen molar-refractivity contribution in [2.45, 2.75) is 43.8 Å². The van der Waals surface area contributed by atoms with E-state index in [1.165, 1.54) is 6.92 Å². The van der Waals surface area contributed by atoms with E-state index >= 15 is 0 Å². The second-order valence-corrected chi connectivity index (χ2v) is 5.19. The Kier molecular flexibility index (Phi) is 6.20. The van der Waals surface area contributed by atoms with Gasteiger partial charge in [-0.1, -0.05) is 6.92 Å². The second-order valence-electron chi connectivity index (χ2n) is 3.73. The van der Waals surface area contributed by atoms with E-state index in [4.69, 9.17) is 4.55 Å². The maximum absolute atomic E-state index is 13.0. The molecular formula is C9H14F4O5S. The molecule has 0 aliphatic carbocycles. The molecule has 0 bridgehead atoms. The van der Waals surface area contributed by atoms with Crippen molar-refractivity contribution < 1.29 is 40.1 Å². The highest BCUT2D eigenvalue weighted by Crippen LogP contribution is 2.41. The Bertz CT molecular complexity index is 407. The quantitative estimate of drug-likeness (QED) is 0.322. The summed E-state index contributed by atoms with van der Waals surface area (Å²) < 4.78 is 84.3. The minimum atomic E-state index is -6.19. The first-order valence-electron chi connectivity index (χ1n) is 5.34. The molecule has 0 amide bonds. The molecule has 19 heavy (non-hydrogen) atoms. The van der Waals surface area contributed by atoms with E-state index in [9.17, 15) is 30.8 Å². The number of halogens is 4. The van der Waals surface area contributed by atoms with Gasteiger partial charge in [0.2, 0.25) is 0 Å². The zero-order chi connectivity index (χ0) is 15.3. The zero-order valence-corrected chi connectivity index (χ0v) is 10.9. The lowest BCUT2D eigenvalue weighted by molar-refractivity contribution is -0.165. The molecule has 0 saturated heterocycles. The van der Waals surface area contributed by atoms with Crippen LogP contribution >= 0.6 is 0 Å². The van der Waals surface area contributed by atoms with Gasteiger partial charge in [0, 0.05) is 12.8 Å². The van der Waals surface area contributed by atoms with Crippen LogP contribution in [0.2, 0.25) is 0 Å². The number of unbranched alkanes of at least 4 members (excludes halogenated alkanes) is 1. The molecular weight excluding hydrogens is 296 g/mol. The van der Waals surface area contributed by atoms with Gasteiger partial charge in [0.25, 0.3) is 0 Å². The van der Waals surface area contributed by atoms with Crippen molar-refractivity contribution in [1.29, 1.82) is 0 Å². The molecule has 0 radical (unpaired) electrons. The number of esters is 1. The Labute approximate surface area is 107 Å². The maximum atomic E-state index is 13.0. The largest absolute Gasteiger partial charge is 0.466 e. The molecule has 0 aromatic carbocycles. The average molecular weight is 310 g/mol.